The number of aromatic carboxylic acids is 1. The highest BCUT2D eigenvalue weighted by Crippen LogP contribution is 2.31. The van der Waals surface area contributed by atoms with Gasteiger partial charge in [0.05, 0.1) is 5.69 Å². The van der Waals surface area contributed by atoms with Crippen LogP contribution in [0.4, 0.5) is 11.6 Å². The lowest BCUT2D eigenvalue weighted by Gasteiger charge is -2.31. The molecule has 0 unspecified atom stereocenters. The molecule has 1 aromatic heterocycles. The van der Waals surface area contributed by atoms with E-state index in [1.165, 1.54) is 10.8 Å². The van der Waals surface area contributed by atoms with Gasteiger partial charge in [0.15, 0.2) is 0 Å². The van der Waals surface area contributed by atoms with Crippen LogP contribution in [-0.2, 0) is 0 Å². The lowest BCUT2D eigenvalue weighted by atomic mass is 9.97. The minimum absolute atomic E-state index is 0.0645. The molecule has 0 atom stereocenters. The summed E-state index contributed by atoms with van der Waals surface area (Å²) in [6.45, 7) is 2.76. The van der Waals surface area contributed by atoms with Crippen LogP contribution >= 0.6 is 0 Å². The fourth-order valence-electron chi connectivity index (χ4n) is 5.62. The zero-order valence-electron chi connectivity index (χ0n) is 25.6. The summed E-state index contributed by atoms with van der Waals surface area (Å²) in [5.41, 5.74) is 8.72. The fraction of sp³-hybridized carbons (Fsp3) is 0.229. The third kappa shape index (κ3) is 6.18. The number of phenols is 1. The first-order chi connectivity index (χ1) is 22.2. The molecule has 0 radical (unpaired) electrons. The topological polar surface area (TPSA) is 160 Å². The molecule has 11 heteroatoms. The van der Waals surface area contributed by atoms with Crippen molar-refractivity contribution in [3.05, 3.63) is 94.8 Å². The van der Waals surface area contributed by atoms with Crippen molar-refractivity contribution in [3.63, 3.8) is 0 Å². The number of nitrogens with zero attached hydrogens (tertiary/aromatic N) is 4. The molecule has 5 N–H and O–H groups in total. The van der Waals surface area contributed by atoms with Gasteiger partial charge in [0.25, 0.3) is 5.69 Å². The second-order valence-electron chi connectivity index (χ2n) is 11.6. The highest BCUT2D eigenvalue weighted by Gasteiger charge is 2.30. The van der Waals surface area contributed by atoms with Crippen molar-refractivity contribution in [2.24, 2.45) is 11.7 Å². The SMILES string of the molecule is CN(C)c1ccc2[nH+]c3c(C(=O)O)cc(=O)c(O)c-3oc2c1.NCC1CCN(c2nccc(-c3ccc4ccccc4c3)n2)CC1. The number of carboxylic acids is 1. The van der Waals surface area contributed by atoms with Gasteiger partial charge in [-0.3, -0.25) is 4.79 Å². The van der Waals surface area contributed by atoms with Crippen molar-refractivity contribution in [1.82, 2.24) is 9.97 Å². The number of nitrogens with two attached hydrogens (primary N) is 1. The van der Waals surface area contributed by atoms with Crippen LogP contribution in [0.3, 0.4) is 0 Å². The number of piperidine rings is 1. The first-order valence-corrected chi connectivity index (χ1v) is 15.1. The number of phenolic OH excluding ortho intramolecular Hbond substituents is 1. The molecule has 234 valence electrons. The Balaban J connectivity index is 0.000000162. The third-order valence-electron chi connectivity index (χ3n) is 8.32. The van der Waals surface area contributed by atoms with Crippen molar-refractivity contribution in [2.75, 3.05) is 43.5 Å². The summed E-state index contributed by atoms with van der Waals surface area (Å²) in [6, 6.07) is 23.0. The Bertz CT molecular complexity index is 2070. The number of H-pyrrole nitrogens is 1. The van der Waals surface area contributed by atoms with Gasteiger partial charge in [0, 0.05) is 62.8 Å². The van der Waals surface area contributed by atoms with E-state index in [-0.39, 0.29) is 17.0 Å². The molecule has 2 aliphatic heterocycles. The van der Waals surface area contributed by atoms with Gasteiger partial charge in [0.2, 0.25) is 34.0 Å². The van der Waals surface area contributed by atoms with E-state index in [1.807, 2.05) is 37.3 Å². The van der Waals surface area contributed by atoms with Gasteiger partial charge in [-0.25, -0.2) is 14.8 Å². The molecule has 1 fully saturated rings. The van der Waals surface area contributed by atoms with Crippen LogP contribution in [0.1, 0.15) is 23.2 Å². The molecule has 46 heavy (non-hydrogen) atoms. The maximum atomic E-state index is 11.7. The zero-order valence-corrected chi connectivity index (χ0v) is 25.6. The summed E-state index contributed by atoms with van der Waals surface area (Å²) in [5, 5.41) is 21.6. The quantitative estimate of drug-likeness (QED) is 0.232. The molecule has 0 spiro atoms. The number of fused-ring (bicyclic) bond motifs is 3. The van der Waals surface area contributed by atoms with Crippen LogP contribution in [-0.4, -0.2) is 59.9 Å². The van der Waals surface area contributed by atoms with Gasteiger partial charge < -0.3 is 30.2 Å². The molecular formula is C35H35N6O5+. The van der Waals surface area contributed by atoms with Gasteiger partial charge in [-0.2, -0.15) is 4.98 Å². The maximum Gasteiger partial charge on any atom is 0.342 e. The number of benzene rings is 4. The molecule has 1 aliphatic carbocycles. The molecule has 4 aromatic rings. The Morgan fingerprint density at radius 2 is 1.80 bits per heavy atom. The monoisotopic (exact) mass is 619 g/mol. The van der Waals surface area contributed by atoms with E-state index in [0.717, 1.165) is 61.4 Å². The molecule has 0 amide bonds. The van der Waals surface area contributed by atoms with Crippen molar-refractivity contribution >= 4 is 39.5 Å². The zero-order chi connectivity index (χ0) is 32.4. The minimum atomic E-state index is -1.28. The average molecular weight is 620 g/mol. The smallest absolute Gasteiger partial charge is 0.342 e. The average Bonchev–Trinajstić information content (AvgIpc) is 3.09. The molecule has 3 aromatic carbocycles. The third-order valence-corrected chi connectivity index (χ3v) is 8.32. The van der Waals surface area contributed by atoms with Gasteiger partial charge >= 0.3 is 5.97 Å². The Labute approximate surface area is 264 Å². The second kappa shape index (κ2) is 12.8. The number of aromatic amines is 1. The van der Waals surface area contributed by atoms with E-state index < -0.39 is 17.1 Å². The predicted molar refractivity (Wildman–Crippen MR) is 178 cm³/mol. The largest absolute Gasteiger partial charge is 0.501 e. The fourth-order valence-corrected chi connectivity index (χ4v) is 5.62. The van der Waals surface area contributed by atoms with Crippen molar-refractivity contribution in [3.8, 4) is 28.5 Å². The maximum absolute atomic E-state index is 11.7. The number of carbonyl (C=O) groups is 1. The van der Waals surface area contributed by atoms with Gasteiger partial charge in [-0.1, -0.05) is 36.4 Å². The second-order valence-corrected chi connectivity index (χ2v) is 11.6. The molecule has 0 saturated carbocycles. The van der Waals surface area contributed by atoms with Crippen LogP contribution < -0.4 is 25.9 Å². The minimum Gasteiger partial charge on any atom is -0.501 e. The highest BCUT2D eigenvalue weighted by atomic mass is 16.4. The number of hydrogen-bond donors (Lipinski definition) is 3. The van der Waals surface area contributed by atoms with Gasteiger partial charge in [0.1, 0.15) is 5.56 Å². The number of anilines is 2. The summed E-state index contributed by atoms with van der Waals surface area (Å²) in [6.07, 6.45) is 4.11. The van der Waals surface area contributed by atoms with E-state index in [9.17, 15) is 19.8 Å². The van der Waals surface area contributed by atoms with Gasteiger partial charge in [-0.05, 0) is 54.3 Å². The molecule has 3 heterocycles. The summed E-state index contributed by atoms with van der Waals surface area (Å²) in [4.78, 5) is 39.3. The molecule has 0 bridgehead atoms. The van der Waals surface area contributed by atoms with Crippen molar-refractivity contribution in [1.29, 1.82) is 0 Å². The van der Waals surface area contributed by atoms with Crippen LogP contribution in [0.2, 0.25) is 0 Å². The first-order valence-electron chi connectivity index (χ1n) is 15.1. The lowest BCUT2D eigenvalue weighted by molar-refractivity contribution is -0.334. The molecular weight excluding hydrogens is 584 g/mol. The Morgan fingerprint density at radius 3 is 2.52 bits per heavy atom. The summed E-state index contributed by atoms with van der Waals surface area (Å²) < 4.78 is 5.57. The van der Waals surface area contributed by atoms with E-state index in [1.54, 1.807) is 12.1 Å². The highest BCUT2D eigenvalue weighted by molar-refractivity contribution is 5.95. The number of aromatic nitrogens is 3. The van der Waals surface area contributed by atoms with Crippen LogP contribution in [0.25, 0.3) is 44.6 Å². The van der Waals surface area contributed by atoms with Crippen molar-refractivity contribution < 1.29 is 24.4 Å². The Hall–Kier alpha value is -5.55. The van der Waals surface area contributed by atoms with Crippen LogP contribution in [0, 0.1) is 5.92 Å². The van der Waals surface area contributed by atoms with E-state index in [2.05, 4.69) is 57.3 Å². The Kier molecular flexibility index (Phi) is 8.49. The first kappa shape index (κ1) is 30.5. The molecule has 11 nitrogen and oxygen atoms in total. The summed E-state index contributed by atoms with van der Waals surface area (Å²) in [7, 11) is 3.73. The van der Waals surface area contributed by atoms with Crippen LogP contribution in [0.15, 0.2) is 88.2 Å². The number of aromatic hydroxyl groups is 1. The number of rotatable bonds is 5. The van der Waals surface area contributed by atoms with E-state index in [0.29, 0.717) is 17.0 Å². The molecule has 3 aliphatic rings. The van der Waals surface area contributed by atoms with Gasteiger partial charge in [-0.15, -0.1) is 0 Å². The summed E-state index contributed by atoms with van der Waals surface area (Å²) in [5.74, 6) is -0.597. The molecule has 7 rings (SSSR count). The Morgan fingerprint density at radius 1 is 1.04 bits per heavy atom. The molecule has 1 saturated heterocycles. The van der Waals surface area contributed by atoms with E-state index >= 15 is 0 Å². The standard InChI is InChI=1S/C20H22N4.C15H12N2O5/c21-14-15-8-11-24(12-9-15)20-22-10-7-19(23-20)18-6-5-16-3-1-2-4-17(16)13-18;1-17(2)7-3-4-9-11(5-7)22-14-12(16-9)8(15(20)21)6-10(18)13(14)19/h1-7,10,13,15H,8-9,11-12,14,21H2;3-6,19H,1-2H3,(H,20,21)/p+1. The number of hydrogen-bond acceptors (Lipinski definition) is 9. The van der Waals surface area contributed by atoms with E-state index in [4.69, 9.17) is 15.1 Å². The number of carboxylic acid groups (broad SMARTS) is 1. The lowest BCUT2D eigenvalue weighted by Crippen LogP contribution is -2.37. The number of nitrogens with one attached hydrogen (secondary N) is 1. The predicted octanol–water partition coefficient (Wildman–Crippen LogP) is 4.65. The van der Waals surface area contributed by atoms with Crippen molar-refractivity contribution in [2.45, 2.75) is 12.8 Å². The summed E-state index contributed by atoms with van der Waals surface area (Å²) >= 11 is 0. The normalized spacial score (nSPS) is 13.5. The van der Waals surface area contributed by atoms with Crippen LogP contribution in [0.5, 0.6) is 5.75 Å².